The molecule has 1 saturated heterocycles. The highest BCUT2D eigenvalue weighted by atomic mass is 79.9. The third kappa shape index (κ3) is 4.04. The van der Waals surface area contributed by atoms with Gasteiger partial charge in [-0.3, -0.25) is 19.7 Å². The average Bonchev–Trinajstić information content (AvgIpc) is 3.05. The van der Waals surface area contributed by atoms with E-state index in [-0.39, 0.29) is 29.1 Å². The lowest BCUT2D eigenvalue weighted by Gasteiger charge is -2.25. The predicted molar refractivity (Wildman–Crippen MR) is 122 cm³/mol. The number of hydrogen-bond donors (Lipinski definition) is 1. The molecule has 1 N–H and O–H groups in total. The Labute approximate surface area is 191 Å². The molecule has 1 heterocycles. The molecule has 0 aliphatic carbocycles. The monoisotopic (exact) mass is 492 g/mol. The van der Waals surface area contributed by atoms with Crippen molar-refractivity contribution in [1.82, 2.24) is 4.90 Å². The maximum Gasteiger partial charge on any atom is 0.295 e. The van der Waals surface area contributed by atoms with E-state index in [1.54, 1.807) is 24.3 Å². The molecule has 1 fully saturated rings. The van der Waals surface area contributed by atoms with Crippen LogP contribution in [0, 0.1) is 10.1 Å². The average molecular weight is 493 g/mol. The minimum absolute atomic E-state index is 0.0536. The molecular weight excluding hydrogens is 476 g/mol. The number of amides is 1. The second kappa shape index (κ2) is 8.76. The van der Waals surface area contributed by atoms with Crippen LogP contribution in [-0.4, -0.2) is 26.6 Å². The van der Waals surface area contributed by atoms with Gasteiger partial charge in [0.2, 0.25) is 0 Å². The number of non-ortho nitro benzene ring substituents is 1. The summed E-state index contributed by atoms with van der Waals surface area (Å²) in [5.41, 5.74) is 1.52. The second-order valence-electron chi connectivity index (χ2n) is 7.27. The summed E-state index contributed by atoms with van der Waals surface area (Å²) in [4.78, 5) is 37.8. The number of ketones is 1. The molecule has 1 aliphatic heterocycles. The van der Waals surface area contributed by atoms with E-state index in [1.807, 2.05) is 30.3 Å². The van der Waals surface area contributed by atoms with Gasteiger partial charge in [-0.2, -0.15) is 0 Å². The third-order valence-electron chi connectivity index (χ3n) is 5.27. The van der Waals surface area contributed by atoms with Gasteiger partial charge in [0.1, 0.15) is 5.76 Å². The summed E-state index contributed by atoms with van der Waals surface area (Å²) >= 11 is 3.38. The van der Waals surface area contributed by atoms with Crippen molar-refractivity contribution in [3.05, 3.63) is 116 Å². The van der Waals surface area contributed by atoms with Crippen molar-refractivity contribution in [2.45, 2.75) is 12.6 Å². The molecule has 0 saturated carbocycles. The van der Waals surface area contributed by atoms with Crippen LogP contribution in [0.4, 0.5) is 5.69 Å². The van der Waals surface area contributed by atoms with Crippen LogP contribution in [0.5, 0.6) is 0 Å². The summed E-state index contributed by atoms with van der Waals surface area (Å²) in [5.74, 6) is -1.89. The van der Waals surface area contributed by atoms with E-state index >= 15 is 0 Å². The van der Waals surface area contributed by atoms with E-state index in [2.05, 4.69) is 15.9 Å². The fourth-order valence-electron chi connectivity index (χ4n) is 3.71. The standard InChI is InChI=1S/C24H17BrN2O5/c25-18-10-6-16(7-11-18)21-20(22(28)17-8-12-19(13-9-17)27(31)32)23(29)24(30)26(21)14-15-4-2-1-3-5-15/h1-13,21,28H,14H2/t21-/m1/s1. The van der Waals surface area contributed by atoms with Crippen LogP contribution in [0.25, 0.3) is 5.76 Å². The van der Waals surface area contributed by atoms with Crippen molar-refractivity contribution in [2.75, 3.05) is 0 Å². The fraction of sp³-hybridized carbons (Fsp3) is 0.0833. The molecule has 1 atom stereocenters. The topological polar surface area (TPSA) is 101 Å². The Hall–Kier alpha value is -3.78. The number of carbonyl (C=O) groups is 2. The van der Waals surface area contributed by atoms with Crippen LogP contribution in [0.2, 0.25) is 0 Å². The Morgan fingerprint density at radius 2 is 1.59 bits per heavy atom. The molecule has 0 unspecified atom stereocenters. The zero-order valence-corrected chi connectivity index (χ0v) is 18.2. The Kier molecular flexibility index (Phi) is 5.87. The summed E-state index contributed by atoms with van der Waals surface area (Å²) in [5, 5.41) is 21.9. The molecule has 0 spiro atoms. The van der Waals surface area contributed by atoms with Crippen LogP contribution in [0.3, 0.4) is 0 Å². The van der Waals surface area contributed by atoms with Crippen LogP contribution in [0.1, 0.15) is 22.7 Å². The molecule has 160 valence electrons. The van der Waals surface area contributed by atoms with Gasteiger partial charge < -0.3 is 10.0 Å². The summed E-state index contributed by atoms with van der Waals surface area (Å²) in [6.07, 6.45) is 0. The molecule has 1 aliphatic rings. The summed E-state index contributed by atoms with van der Waals surface area (Å²) in [7, 11) is 0. The van der Waals surface area contributed by atoms with Crippen molar-refractivity contribution in [3.63, 3.8) is 0 Å². The Morgan fingerprint density at radius 3 is 2.19 bits per heavy atom. The van der Waals surface area contributed by atoms with Crippen molar-refractivity contribution in [2.24, 2.45) is 0 Å². The number of nitro benzene ring substituents is 1. The SMILES string of the molecule is O=C1C(=O)N(Cc2ccccc2)[C@H](c2ccc(Br)cc2)C1=C(O)c1ccc([N+](=O)[O-])cc1. The van der Waals surface area contributed by atoms with E-state index in [4.69, 9.17) is 0 Å². The molecule has 7 nitrogen and oxygen atoms in total. The van der Waals surface area contributed by atoms with Gasteiger partial charge in [-0.15, -0.1) is 0 Å². The molecule has 32 heavy (non-hydrogen) atoms. The maximum absolute atomic E-state index is 13.0. The molecule has 4 rings (SSSR count). The Balaban J connectivity index is 1.84. The Bertz CT molecular complexity index is 1220. The quantitative estimate of drug-likeness (QED) is 0.178. The van der Waals surface area contributed by atoms with E-state index in [9.17, 15) is 24.8 Å². The number of nitrogens with zero attached hydrogens (tertiary/aromatic N) is 2. The minimum atomic E-state index is -0.807. The first-order chi connectivity index (χ1) is 15.4. The number of carbonyl (C=O) groups excluding carboxylic acids is 2. The van der Waals surface area contributed by atoms with Gasteiger partial charge in [0, 0.05) is 28.7 Å². The first-order valence-corrected chi connectivity index (χ1v) is 10.5. The number of aliphatic hydroxyl groups excluding tert-OH is 1. The number of Topliss-reactive ketones (excluding diaryl/α,β-unsaturated/α-hetero) is 1. The number of halogens is 1. The molecule has 0 bridgehead atoms. The smallest absolute Gasteiger partial charge is 0.295 e. The van der Waals surface area contributed by atoms with Crippen molar-refractivity contribution in [1.29, 1.82) is 0 Å². The number of likely N-dealkylation sites (tertiary alicyclic amines) is 1. The Morgan fingerprint density at radius 1 is 0.969 bits per heavy atom. The van der Waals surface area contributed by atoms with Crippen LogP contribution in [0.15, 0.2) is 88.9 Å². The highest BCUT2D eigenvalue weighted by molar-refractivity contribution is 9.10. The van der Waals surface area contributed by atoms with Gasteiger partial charge in [-0.05, 0) is 35.4 Å². The number of rotatable bonds is 5. The maximum atomic E-state index is 13.0. The molecule has 8 heteroatoms. The van der Waals surface area contributed by atoms with Crippen molar-refractivity contribution >= 4 is 39.1 Å². The highest BCUT2D eigenvalue weighted by Crippen LogP contribution is 2.40. The van der Waals surface area contributed by atoms with Gasteiger partial charge in [-0.25, -0.2) is 0 Å². The van der Waals surface area contributed by atoms with Crippen LogP contribution >= 0.6 is 15.9 Å². The predicted octanol–water partition coefficient (Wildman–Crippen LogP) is 4.98. The number of nitro groups is 1. The molecule has 3 aromatic rings. The zero-order chi connectivity index (χ0) is 22.8. The fourth-order valence-corrected chi connectivity index (χ4v) is 3.98. The van der Waals surface area contributed by atoms with E-state index in [0.717, 1.165) is 10.0 Å². The second-order valence-corrected chi connectivity index (χ2v) is 8.18. The van der Waals surface area contributed by atoms with Gasteiger partial charge in [0.25, 0.3) is 17.4 Å². The number of benzene rings is 3. The largest absolute Gasteiger partial charge is 0.507 e. The molecule has 0 radical (unpaired) electrons. The normalized spacial score (nSPS) is 17.5. The molecule has 1 amide bonds. The number of hydrogen-bond acceptors (Lipinski definition) is 5. The highest BCUT2D eigenvalue weighted by Gasteiger charge is 2.46. The van der Waals surface area contributed by atoms with Gasteiger partial charge in [-0.1, -0.05) is 58.4 Å². The van der Waals surface area contributed by atoms with Crippen molar-refractivity contribution < 1.29 is 19.6 Å². The summed E-state index contributed by atoms with van der Waals surface area (Å²) in [6, 6.07) is 20.8. The zero-order valence-electron chi connectivity index (χ0n) is 16.6. The molecule has 0 aromatic heterocycles. The lowest BCUT2D eigenvalue weighted by atomic mass is 9.95. The summed E-state index contributed by atoms with van der Waals surface area (Å²) < 4.78 is 0.830. The third-order valence-corrected chi connectivity index (χ3v) is 5.80. The van der Waals surface area contributed by atoms with Gasteiger partial charge in [0.15, 0.2) is 0 Å². The van der Waals surface area contributed by atoms with Gasteiger partial charge >= 0.3 is 0 Å². The minimum Gasteiger partial charge on any atom is -0.507 e. The van der Waals surface area contributed by atoms with E-state index < -0.39 is 22.7 Å². The summed E-state index contributed by atoms with van der Waals surface area (Å²) in [6.45, 7) is 0.184. The molecular formula is C24H17BrN2O5. The lowest BCUT2D eigenvalue weighted by molar-refractivity contribution is -0.384. The molecule has 3 aromatic carbocycles. The van der Waals surface area contributed by atoms with E-state index in [1.165, 1.54) is 29.2 Å². The van der Waals surface area contributed by atoms with Crippen molar-refractivity contribution in [3.8, 4) is 0 Å². The number of aliphatic hydroxyl groups is 1. The van der Waals surface area contributed by atoms with Crippen LogP contribution in [-0.2, 0) is 16.1 Å². The first kappa shape index (κ1) is 21.5. The van der Waals surface area contributed by atoms with Crippen LogP contribution < -0.4 is 0 Å². The van der Waals surface area contributed by atoms with Gasteiger partial charge in [0.05, 0.1) is 16.5 Å². The lowest BCUT2D eigenvalue weighted by Crippen LogP contribution is -2.29. The van der Waals surface area contributed by atoms with E-state index in [0.29, 0.717) is 5.56 Å². The first-order valence-electron chi connectivity index (χ1n) is 9.69.